The Morgan fingerprint density at radius 1 is 0.919 bits per heavy atom. The summed E-state index contributed by atoms with van der Waals surface area (Å²) in [4.78, 5) is 29.5. The second-order valence-electron chi connectivity index (χ2n) is 12.6. The molecule has 6 rings (SSSR count). The van der Waals surface area contributed by atoms with E-state index >= 15 is 0 Å². The van der Waals surface area contributed by atoms with Crippen LogP contribution in [0, 0.1) is 34.5 Å². The molecule has 2 aromatic rings. The smallest absolute Gasteiger partial charge is 0.236 e. The molecule has 3 aliphatic carbocycles. The molecule has 4 nitrogen and oxygen atoms in total. The van der Waals surface area contributed by atoms with E-state index in [4.69, 9.17) is 0 Å². The lowest BCUT2D eigenvalue weighted by Gasteiger charge is -2.57. The molecule has 0 spiro atoms. The van der Waals surface area contributed by atoms with Gasteiger partial charge in [0.25, 0.3) is 0 Å². The summed E-state index contributed by atoms with van der Waals surface area (Å²) >= 11 is 0. The van der Waals surface area contributed by atoms with Crippen molar-refractivity contribution >= 4 is 11.8 Å². The zero-order chi connectivity index (χ0) is 25.6. The second-order valence-corrected chi connectivity index (χ2v) is 12.6. The average molecular weight is 497 g/mol. The van der Waals surface area contributed by atoms with Crippen LogP contribution in [-0.2, 0) is 22.7 Å². The topological polar surface area (TPSA) is 49.4 Å². The van der Waals surface area contributed by atoms with Crippen molar-refractivity contribution in [2.24, 2.45) is 34.5 Å². The monoisotopic (exact) mass is 496 g/mol. The molecule has 6 atom stereocenters. The summed E-state index contributed by atoms with van der Waals surface area (Å²) in [5.74, 6) is 1.17. The van der Waals surface area contributed by atoms with Gasteiger partial charge in [0, 0.05) is 24.2 Å². The third-order valence-corrected chi connectivity index (χ3v) is 10.5. The predicted molar refractivity (Wildman–Crippen MR) is 146 cm³/mol. The number of amides is 2. The van der Waals surface area contributed by atoms with Crippen LogP contribution in [0.25, 0.3) is 0 Å². The Bertz CT molecular complexity index is 1150. The molecule has 2 saturated carbocycles. The number of piperidine rings is 1. The van der Waals surface area contributed by atoms with Crippen molar-refractivity contribution in [2.75, 3.05) is 0 Å². The molecule has 0 aromatic heterocycles. The van der Waals surface area contributed by atoms with Gasteiger partial charge in [-0.2, -0.15) is 0 Å². The number of nitrogens with one attached hydrogen (secondary N) is 1. The summed E-state index contributed by atoms with van der Waals surface area (Å²) in [5, 5.41) is 3.25. The first-order valence-electron chi connectivity index (χ1n) is 14.3. The molecule has 2 amide bonds. The normalized spacial score (nSPS) is 34.4. The molecule has 194 valence electrons. The molecule has 4 heteroatoms. The van der Waals surface area contributed by atoms with E-state index < -0.39 is 5.92 Å². The number of rotatable bonds is 5. The maximum absolute atomic E-state index is 14.2. The third-order valence-electron chi connectivity index (χ3n) is 10.5. The third kappa shape index (κ3) is 4.32. The molecule has 1 N–H and O–H groups in total. The second kappa shape index (κ2) is 9.45. The predicted octanol–water partition coefficient (Wildman–Crippen LogP) is 6.48. The number of nitrogens with zero attached hydrogens (tertiary/aromatic N) is 1. The summed E-state index contributed by atoms with van der Waals surface area (Å²) in [6.07, 6.45) is 10.5. The van der Waals surface area contributed by atoms with Gasteiger partial charge in [0.2, 0.25) is 11.8 Å². The number of hydrogen-bond donors (Lipinski definition) is 1. The van der Waals surface area contributed by atoms with Crippen molar-refractivity contribution in [3.05, 3.63) is 83.6 Å². The van der Waals surface area contributed by atoms with E-state index in [1.807, 2.05) is 41.3 Å². The van der Waals surface area contributed by atoms with Crippen LogP contribution >= 0.6 is 0 Å². The molecule has 1 unspecified atom stereocenters. The van der Waals surface area contributed by atoms with Crippen LogP contribution in [0.4, 0.5) is 0 Å². The molecule has 0 radical (unpaired) electrons. The van der Waals surface area contributed by atoms with Crippen molar-refractivity contribution in [2.45, 2.75) is 71.9 Å². The van der Waals surface area contributed by atoms with Crippen LogP contribution in [0.15, 0.2) is 72.4 Å². The number of hydrogen-bond acceptors (Lipinski definition) is 2. The van der Waals surface area contributed by atoms with Crippen molar-refractivity contribution in [1.29, 1.82) is 0 Å². The molecule has 1 aliphatic heterocycles. The van der Waals surface area contributed by atoms with Gasteiger partial charge in [-0.05, 0) is 72.8 Å². The maximum Gasteiger partial charge on any atom is 0.236 e. The molecule has 3 fully saturated rings. The minimum absolute atomic E-state index is 0.0471. The lowest BCUT2D eigenvalue weighted by molar-refractivity contribution is -0.148. The Morgan fingerprint density at radius 3 is 2.22 bits per heavy atom. The van der Waals surface area contributed by atoms with Gasteiger partial charge >= 0.3 is 0 Å². The fourth-order valence-corrected chi connectivity index (χ4v) is 8.52. The number of carbonyl (C=O) groups excluding carboxylic acids is 2. The van der Waals surface area contributed by atoms with E-state index in [-0.39, 0.29) is 17.2 Å². The van der Waals surface area contributed by atoms with E-state index in [1.165, 1.54) is 32.1 Å². The zero-order valence-corrected chi connectivity index (χ0v) is 22.3. The zero-order valence-electron chi connectivity index (χ0n) is 22.3. The van der Waals surface area contributed by atoms with Gasteiger partial charge in [0.15, 0.2) is 0 Å². The minimum Gasteiger partial charge on any atom is -0.333 e. The average Bonchev–Trinajstić information content (AvgIpc) is 3.31. The van der Waals surface area contributed by atoms with Gasteiger partial charge in [-0.15, -0.1) is 0 Å². The Morgan fingerprint density at radius 2 is 1.57 bits per heavy atom. The van der Waals surface area contributed by atoms with Crippen LogP contribution < -0.4 is 5.32 Å². The number of fused-ring (bicyclic) bond motifs is 5. The number of allylic oxidation sites excluding steroid dienone is 2. The van der Waals surface area contributed by atoms with Gasteiger partial charge < -0.3 is 10.2 Å². The van der Waals surface area contributed by atoms with Crippen molar-refractivity contribution in [3.63, 3.8) is 0 Å². The minimum atomic E-state index is -0.648. The number of benzene rings is 2. The van der Waals surface area contributed by atoms with Crippen LogP contribution in [-0.4, -0.2) is 16.7 Å². The summed E-state index contributed by atoms with van der Waals surface area (Å²) in [6, 6.07) is 20.2. The van der Waals surface area contributed by atoms with E-state index in [1.54, 1.807) is 0 Å². The van der Waals surface area contributed by atoms with Crippen molar-refractivity contribution in [1.82, 2.24) is 10.2 Å². The maximum atomic E-state index is 14.2. The first kappa shape index (κ1) is 24.5. The van der Waals surface area contributed by atoms with Gasteiger partial charge in [0.1, 0.15) is 5.92 Å². The molecule has 0 bridgehead atoms. The van der Waals surface area contributed by atoms with Gasteiger partial charge in [0.05, 0.1) is 0 Å². The molecule has 2 aromatic carbocycles. The summed E-state index contributed by atoms with van der Waals surface area (Å²) < 4.78 is 0. The van der Waals surface area contributed by atoms with Crippen molar-refractivity contribution < 1.29 is 9.59 Å². The van der Waals surface area contributed by atoms with Crippen molar-refractivity contribution in [3.8, 4) is 0 Å². The highest BCUT2D eigenvalue weighted by Crippen LogP contribution is 2.64. The van der Waals surface area contributed by atoms with Crippen LogP contribution in [0.1, 0.15) is 69.9 Å². The Labute approximate surface area is 221 Å². The van der Waals surface area contributed by atoms with Crippen LogP contribution in [0.2, 0.25) is 0 Å². The van der Waals surface area contributed by atoms with Gasteiger partial charge in [-0.1, -0.05) is 87.0 Å². The highest BCUT2D eigenvalue weighted by Gasteiger charge is 2.58. The molecule has 37 heavy (non-hydrogen) atoms. The van der Waals surface area contributed by atoms with Gasteiger partial charge in [-0.3, -0.25) is 9.59 Å². The Hall–Kier alpha value is -2.88. The first-order chi connectivity index (χ1) is 17.9. The SMILES string of the molecule is C[C@@]12CCC[C@H]1[C@@H]1CC=C3NC(=O)C(C(=O)N(Cc4ccccc4)Cc4ccccc4)C[C@]3(C)[C@@H]1CC2. The lowest BCUT2D eigenvalue weighted by atomic mass is 9.49. The number of carbonyl (C=O) groups is 2. The Kier molecular flexibility index (Phi) is 6.25. The fraction of sp³-hybridized carbons (Fsp3) is 0.515. The highest BCUT2D eigenvalue weighted by molar-refractivity contribution is 6.02. The fourth-order valence-electron chi connectivity index (χ4n) is 8.52. The van der Waals surface area contributed by atoms with Crippen LogP contribution in [0.3, 0.4) is 0 Å². The van der Waals surface area contributed by atoms with E-state index in [9.17, 15) is 9.59 Å². The molecular weight excluding hydrogens is 456 g/mol. The first-order valence-corrected chi connectivity index (χ1v) is 14.3. The quantitative estimate of drug-likeness (QED) is 0.482. The van der Waals surface area contributed by atoms with Gasteiger partial charge in [-0.25, -0.2) is 0 Å². The highest BCUT2D eigenvalue weighted by atomic mass is 16.2. The lowest BCUT2D eigenvalue weighted by Crippen LogP contribution is -2.57. The van der Waals surface area contributed by atoms with Crippen LogP contribution in [0.5, 0.6) is 0 Å². The molecule has 1 heterocycles. The summed E-state index contributed by atoms with van der Waals surface area (Å²) in [7, 11) is 0. The molecule has 1 saturated heterocycles. The molecular formula is C33H40N2O2. The summed E-state index contributed by atoms with van der Waals surface area (Å²) in [5.41, 5.74) is 3.59. The summed E-state index contributed by atoms with van der Waals surface area (Å²) in [6.45, 7) is 5.86. The van der Waals surface area contributed by atoms with E-state index in [0.717, 1.165) is 29.2 Å². The van der Waals surface area contributed by atoms with E-state index in [2.05, 4.69) is 49.5 Å². The Balaban J connectivity index is 1.28. The van der Waals surface area contributed by atoms with E-state index in [0.29, 0.717) is 36.8 Å². The molecule has 4 aliphatic rings. The largest absolute Gasteiger partial charge is 0.333 e. The standard InChI is InChI=1S/C33H40N2O2/c1-32-18-9-14-27(32)25-15-16-29-33(2,28(25)17-19-32)20-26(30(36)34-29)31(37)35(21-23-10-5-3-6-11-23)22-24-12-7-4-8-13-24/h3-8,10-13,16,25-28H,9,14-15,17-22H2,1-2H3,(H,34,36)/t25-,26?,27-,28+,32-,33+/m0/s1.